The molecule has 0 saturated carbocycles. The third-order valence-electron chi connectivity index (χ3n) is 3.79. The zero-order valence-corrected chi connectivity index (χ0v) is 15.3. The van der Waals surface area contributed by atoms with E-state index in [1.165, 1.54) is 36.7 Å². The van der Waals surface area contributed by atoms with Crippen molar-refractivity contribution in [3.8, 4) is 0 Å². The molecular formula is C18H18N5O3S+. The lowest BCUT2D eigenvalue weighted by Gasteiger charge is -2.10. The SMILES string of the molecule is CC(C(=O)Nc1ccc(S(=O)(=O)Nc2ncccn2)cc1)[n+]1ccccc1. The number of pyridine rings is 1. The number of sulfonamides is 1. The first-order chi connectivity index (χ1) is 13.0. The number of hydrogen-bond donors (Lipinski definition) is 2. The van der Waals surface area contributed by atoms with Gasteiger partial charge in [0.2, 0.25) is 12.0 Å². The second-order valence-electron chi connectivity index (χ2n) is 5.69. The van der Waals surface area contributed by atoms with Crippen LogP contribution in [0.15, 0.2) is 78.2 Å². The van der Waals surface area contributed by atoms with Crippen molar-refractivity contribution in [2.24, 2.45) is 0 Å². The van der Waals surface area contributed by atoms with E-state index in [2.05, 4.69) is 20.0 Å². The Labute approximate surface area is 157 Å². The number of carbonyl (C=O) groups excluding carboxylic acids is 1. The van der Waals surface area contributed by atoms with Crippen LogP contribution in [-0.4, -0.2) is 24.3 Å². The molecule has 0 aliphatic heterocycles. The molecule has 0 saturated heterocycles. The van der Waals surface area contributed by atoms with Crippen molar-refractivity contribution in [3.63, 3.8) is 0 Å². The van der Waals surface area contributed by atoms with Crippen molar-refractivity contribution >= 4 is 27.6 Å². The van der Waals surface area contributed by atoms with Gasteiger partial charge in [-0.05, 0) is 30.3 Å². The van der Waals surface area contributed by atoms with E-state index in [1.807, 2.05) is 18.2 Å². The molecule has 2 heterocycles. The quantitative estimate of drug-likeness (QED) is 0.630. The fourth-order valence-corrected chi connectivity index (χ4v) is 3.26. The van der Waals surface area contributed by atoms with Crippen molar-refractivity contribution in [1.29, 1.82) is 0 Å². The van der Waals surface area contributed by atoms with Crippen molar-refractivity contribution in [2.75, 3.05) is 10.0 Å². The first-order valence-electron chi connectivity index (χ1n) is 8.12. The average molecular weight is 384 g/mol. The second kappa shape index (κ2) is 7.92. The Balaban J connectivity index is 1.69. The van der Waals surface area contributed by atoms with Gasteiger partial charge in [-0.1, -0.05) is 6.07 Å². The minimum absolute atomic E-state index is 0.0106. The third kappa shape index (κ3) is 4.64. The van der Waals surface area contributed by atoms with Crippen LogP contribution < -0.4 is 14.6 Å². The third-order valence-corrected chi connectivity index (χ3v) is 5.13. The topological polar surface area (TPSA) is 105 Å². The van der Waals surface area contributed by atoms with E-state index in [4.69, 9.17) is 0 Å². The molecule has 0 radical (unpaired) electrons. The summed E-state index contributed by atoms with van der Waals surface area (Å²) in [6, 6.07) is 12.6. The van der Waals surface area contributed by atoms with Gasteiger partial charge in [-0.15, -0.1) is 0 Å². The average Bonchev–Trinajstić information content (AvgIpc) is 2.69. The molecule has 1 aromatic carbocycles. The van der Waals surface area contributed by atoms with E-state index in [9.17, 15) is 13.2 Å². The van der Waals surface area contributed by atoms with Crippen LogP contribution in [0.3, 0.4) is 0 Å². The molecule has 1 unspecified atom stereocenters. The number of benzene rings is 1. The Morgan fingerprint density at radius 2 is 1.63 bits per heavy atom. The smallest absolute Gasteiger partial charge is 0.293 e. The summed E-state index contributed by atoms with van der Waals surface area (Å²) in [5.74, 6) is -0.221. The number of hydrogen-bond acceptors (Lipinski definition) is 5. The molecule has 9 heteroatoms. The number of amides is 1. The van der Waals surface area contributed by atoms with Crippen LogP contribution in [0.5, 0.6) is 0 Å². The first kappa shape index (κ1) is 18.5. The van der Waals surface area contributed by atoms with Gasteiger partial charge in [-0.3, -0.25) is 4.79 Å². The summed E-state index contributed by atoms with van der Waals surface area (Å²) in [6.45, 7) is 1.78. The fourth-order valence-electron chi connectivity index (χ4n) is 2.30. The van der Waals surface area contributed by atoms with Gasteiger partial charge in [-0.2, -0.15) is 4.57 Å². The highest BCUT2D eigenvalue weighted by molar-refractivity contribution is 7.92. The molecule has 0 spiro atoms. The number of nitrogens with one attached hydrogen (secondary N) is 2. The predicted octanol–water partition coefficient (Wildman–Crippen LogP) is 1.76. The maximum absolute atomic E-state index is 12.4. The summed E-state index contributed by atoms with van der Waals surface area (Å²) in [7, 11) is -3.81. The van der Waals surface area contributed by atoms with Crippen LogP contribution in [0.25, 0.3) is 0 Å². The summed E-state index contributed by atoms with van der Waals surface area (Å²) >= 11 is 0. The van der Waals surface area contributed by atoms with Gasteiger partial charge in [0.1, 0.15) is 0 Å². The normalized spacial score (nSPS) is 12.2. The minimum Gasteiger partial charge on any atom is -0.320 e. The van der Waals surface area contributed by atoms with Crippen LogP contribution in [0.1, 0.15) is 13.0 Å². The van der Waals surface area contributed by atoms with Gasteiger partial charge < -0.3 is 5.32 Å². The van der Waals surface area contributed by atoms with Crippen molar-refractivity contribution in [2.45, 2.75) is 17.9 Å². The summed E-state index contributed by atoms with van der Waals surface area (Å²) in [5.41, 5.74) is 0.498. The minimum atomic E-state index is -3.81. The number of rotatable bonds is 6. The predicted molar refractivity (Wildman–Crippen MR) is 99.3 cm³/mol. The van der Waals surface area contributed by atoms with Gasteiger partial charge >= 0.3 is 0 Å². The maximum atomic E-state index is 12.4. The molecule has 3 aromatic rings. The van der Waals surface area contributed by atoms with Crippen molar-refractivity contribution in [3.05, 3.63) is 73.3 Å². The van der Waals surface area contributed by atoms with E-state index >= 15 is 0 Å². The lowest BCUT2D eigenvalue weighted by molar-refractivity contribution is -0.705. The Hall–Kier alpha value is -3.33. The molecule has 0 aliphatic rings. The standard InChI is InChI=1S/C18H17N5O3S/c1-14(23-12-3-2-4-13-23)17(24)21-15-6-8-16(9-7-15)27(25,26)22-18-19-10-5-11-20-18/h2-14H,1H3,(H-,19,20,21,22,24)/p+1. The second-order valence-corrected chi connectivity index (χ2v) is 7.37. The molecule has 2 aromatic heterocycles. The van der Waals surface area contributed by atoms with Crippen molar-refractivity contribution in [1.82, 2.24) is 9.97 Å². The molecule has 1 amide bonds. The molecule has 0 bridgehead atoms. The monoisotopic (exact) mass is 384 g/mol. The lowest BCUT2D eigenvalue weighted by Crippen LogP contribution is -2.43. The Morgan fingerprint density at radius 3 is 2.26 bits per heavy atom. The van der Waals surface area contributed by atoms with E-state index in [-0.39, 0.29) is 16.8 Å². The molecule has 3 rings (SSSR count). The van der Waals surface area contributed by atoms with Gasteiger partial charge in [0, 0.05) is 37.1 Å². The van der Waals surface area contributed by atoms with Crippen LogP contribution in [-0.2, 0) is 14.8 Å². The number of anilines is 2. The summed E-state index contributed by atoms with van der Waals surface area (Å²) in [4.78, 5) is 20.1. The van der Waals surface area contributed by atoms with E-state index < -0.39 is 16.1 Å². The molecule has 2 N–H and O–H groups in total. The molecule has 8 nitrogen and oxygen atoms in total. The summed E-state index contributed by atoms with van der Waals surface area (Å²) < 4.78 is 28.8. The largest absolute Gasteiger partial charge is 0.320 e. The molecule has 27 heavy (non-hydrogen) atoms. The highest BCUT2D eigenvalue weighted by Gasteiger charge is 2.22. The molecule has 1 atom stereocenters. The van der Waals surface area contributed by atoms with Gasteiger partial charge in [0.25, 0.3) is 15.9 Å². The zero-order valence-electron chi connectivity index (χ0n) is 14.5. The number of aromatic nitrogens is 3. The Morgan fingerprint density at radius 1 is 1.00 bits per heavy atom. The highest BCUT2D eigenvalue weighted by atomic mass is 32.2. The van der Waals surface area contributed by atoms with E-state index in [1.54, 1.807) is 30.0 Å². The van der Waals surface area contributed by atoms with E-state index in [0.29, 0.717) is 5.69 Å². The lowest BCUT2D eigenvalue weighted by atomic mass is 10.2. The van der Waals surface area contributed by atoms with Crippen LogP contribution in [0.4, 0.5) is 11.6 Å². The maximum Gasteiger partial charge on any atom is 0.293 e. The van der Waals surface area contributed by atoms with Crippen LogP contribution in [0.2, 0.25) is 0 Å². The van der Waals surface area contributed by atoms with Gasteiger partial charge in [0.05, 0.1) is 4.90 Å². The molecule has 0 fully saturated rings. The van der Waals surface area contributed by atoms with Crippen LogP contribution in [0, 0.1) is 0 Å². The number of carbonyl (C=O) groups is 1. The summed E-state index contributed by atoms with van der Waals surface area (Å²) in [5, 5.41) is 2.77. The molecule has 138 valence electrons. The summed E-state index contributed by atoms with van der Waals surface area (Å²) in [6.07, 6.45) is 6.49. The van der Waals surface area contributed by atoms with Crippen LogP contribution >= 0.6 is 0 Å². The Kier molecular flexibility index (Phi) is 5.41. The molecular weight excluding hydrogens is 366 g/mol. The molecule has 0 aliphatic carbocycles. The first-order valence-corrected chi connectivity index (χ1v) is 9.60. The highest BCUT2D eigenvalue weighted by Crippen LogP contribution is 2.17. The van der Waals surface area contributed by atoms with Crippen molar-refractivity contribution < 1.29 is 17.8 Å². The van der Waals surface area contributed by atoms with Gasteiger partial charge in [-0.25, -0.2) is 23.1 Å². The fraction of sp³-hybridized carbons (Fsp3) is 0.111. The Bertz CT molecular complexity index is 1010. The zero-order chi connectivity index (χ0) is 19.3. The van der Waals surface area contributed by atoms with Gasteiger partial charge in [0.15, 0.2) is 12.4 Å². The van der Waals surface area contributed by atoms with E-state index in [0.717, 1.165) is 0 Å². The number of nitrogens with zero attached hydrogens (tertiary/aromatic N) is 3.